The fraction of sp³-hybridized carbons (Fsp3) is 0.762. The van der Waals surface area contributed by atoms with Crippen LogP contribution in [0.3, 0.4) is 0 Å². The van der Waals surface area contributed by atoms with Crippen molar-refractivity contribution in [1.29, 1.82) is 0 Å². The van der Waals surface area contributed by atoms with Crippen molar-refractivity contribution in [3.63, 3.8) is 0 Å². The van der Waals surface area contributed by atoms with Gasteiger partial charge in [-0.2, -0.15) is 5.10 Å². The Kier molecular flexibility index (Phi) is 7.52. The van der Waals surface area contributed by atoms with Crippen LogP contribution in [0.1, 0.15) is 38.1 Å². The van der Waals surface area contributed by atoms with E-state index in [1.807, 2.05) is 11.8 Å². The number of carbonyl (C=O) groups excluding carboxylic acids is 1. The number of rotatable bonds is 6. The van der Waals surface area contributed by atoms with E-state index in [2.05, 4.69) is 46.8 Å². The predicted molar refractivity (Wildman–Crippen MR) is 114 cm³/mol. The number of carbonyl (C=O) groups is 1. The molecule has 8 nitrogen and oxygen atoms in total. The summed E-state index contributed by atoms with van der Waals surface area (Å²) in [6.07, 6.45) is 1.62. The molecule has 0 radical (unpaired) electrons. The average Bonchev–Trinajstić information content (AvgIpc) is 3.35. The van der Waals surface area contributed by atoms with Gasteiger partial charge in [-0.15, -0.1) is 0 Å². The molecule has 29 heavy (non-hydrogen) atoms. The Labute approximate surface area is 174 Å². The highest BCUT2D eigenvalue weighted by Crippen LogP contribution is 2.16. The lowest BCUT2D eigenvalue weighted by Crippen LogP contribution is -2.55. The largest absolute Gasteiger partial charge is 0.368 e. The summed E-state index contributed by atoms with van der Waals surface area (Å²) in [7, 11) is 0. The second-order valence-electron chi connectivity index (χ2n) is 8.22. The van der Waals surface area contributed by atoms with E-state index < -0.39 is 0 Å². The lowest BCUT2D eigenvalue weighted by Gasteiger charge is -2.37. The van der Waals surface area contributed by atoms with Crippen LogP contribution < -0.4 is 5.32 Å². The van der Waals surface area contributed by atoms with Crippen LogP contribution in [0.15, 0.2) is 11.1 Å². The number of piperazine rings is 1. The zero-order valence-corrected chi connectivity index (χ0v) is 18.4. The van der Waals surface area contributed by atoms with Crippen LogP contribution in [-0.2, 0) is 16.1 Å². The van der Waals surface area contributed by atoms with E-state index in [4.69, 9.17) is 9.73 Å². The summed E-state index contributed by atoms with van der Waals surface area (Å²) in [5.41, 5.74) is 2.25. The quantitative estimate of drug-likeness (QED) is 0.573. The van der Waals surface area contributed by atoms with Gasteiger partial charge in [0.25, 0.3) is 5.91 Å². The Morgan fingerprint density at radius 1 is 1.31 bits per heavy atom. The first-order chi connectivity index (χ1) is 14.0. The molecule has 1 N–H and O–H groups in total. The number of hydrogen-bond acceptors (Lipinski definition) is 4. The molecule has 2 unspecified atom stereocenters. The van der Waals surface area contributed by atoms with Gasteiger partial charge in [0.2, 0.25) is 0 Å². The number of amides is 1. The number of aromatic nitrogens is 2. The molecule has 2 atom stereocenters. The van der Waals surface area contributed by atoms with Crippen LogP contribution in [0, 0.1) is 19.8 Å². The third-order valence-corrected chi connectivity index (χ3v) is 5.57. The summed E-state index contributed by atoms with van der Waals surface area (Å²) < 4.78 is 7.62. The van der Waals surface area contributed by atoms with Crippen molar-refractivity contribution in [3.05, 3.63) is 17.5 Å². The first-order valence-electron chi connectivity index (χ1n) is 10.9. The maximum absolute atomic E-state index is 12.5. The Bertz CT molecular complexity index is 702. The van der Waals surface area contributed by atoms with Crippen molar-refractivity contribution in [2.24, 2.45) is 10.9 Å². The second-order valence-corrected chi connectivity index (χ2v) is 8.22. The molecular weight excluding hydrogens is 368 g/mol. The topological polar surface area (TPSA) is 75.0 Å². The standard InChI is InChI=1S/C21H36N6O2/c1-5-22-21(23-14-16(2)15-27-18(4)13-17(3)24-27)26-10-8-25(9-11-26)20(28)19-7-6-12-29-19/h13,16,19H,5-12,14-15H2,1-4H3,(H,22,23). The van der Waals surface area contributed by atoms with Gasteiger partial charge in [-0.05, 0) is 45.6 Å². The predicted octanol–water partition coefficient (Wildman–Crippen LogP) is 1.42. The maximum Gasteiger partial charge on any atom is 0.251 e. The molecule has 2 aliphatic rings. The molecule has 3 rings (SSSR count). The molecule has 3 heterocycles. The van der Waals surface area contributed by atoms with Gasteiger partial charge in [0, 0.05) is 58.1 Å². The number of ether oxygens (including phenoxy) is 1. The zero-order valence-electron chi connectivity index (χ0n) is 18.4. The number of hydrogen-bond donors (Lipinski definition) is 1. The van der Waals surface area contributed by atoms with Gasteiger partial charge in [0.05, 0.1) is 5.69 Å². The van der Waals surface area contributed by atoms with E-state index in [0.717, 1.165) is 70.3 Å². The van der Waals surface area contributed by atoms with Crippen LogP contribution in [0.4, 0.5) is 0 Å². The highest BCUT2D eigenvalue weighted by Gasteiger charge is 2.30. The van der Waals surface area contributed by atoms with Gasteiger partial charge < -0.3 is 19.9 Å². The summed E-state index contributed by atoms with van der Waals surface area (Å²) in [6, 6.07) is 2.11. The lowest BCUT2D eigenvalue weighted by atomic mass is 10.2. The highest BCUT2D eigenvalue weighted by atomic mass is 16.5. The molecule has 2 saturated heterocycles. The molecule has 1 aromatic heterocycles. The fourth-order valence-electron chi connectivity index (χ4n) is 4.00. The van der Waals surface area contributed by atoms with E-state index >= 15 is 0 Å². The van der Waals surface area contributed by atoms with Crippen LogP contribution in [0.5, 0.6) is 0 Å². The van der Waals surface area contributed by atoms with Crippen LogP contribution in [0.25, 0.3) is 0 Å². The van der Waals surface area contributed by atoms with Crippen molar-refractivity contribution in [2.75, 3.05) is 45.9 Å². The molecule has 8 heteroatoms. The SMILES string of the molecule is CCNC(=NCC(C)Cn1nc(C)cc1C)N1CCN(C(=O)C2CCCO2)CC1. The number of aryl methyl sites for hydroxylation is 2. The second kappa shape index (κ2) is 10.1. The van der Waals surface area contributed by atoms with E-state index in [1.165, 1.54) is 5.69 Å². The minimum absolute atomic E-state index is 0.155. The Morgan fingerprint density at radius 3 is 2.62 bits per heavy atom. The Balaban J connectivity index is 1.52. The van der Waals surface area contributed by atoms with Gasteiger partial charge in [0.1, 0.15) is 6.10 Å². The molecule has 0 spiro atoms. The molecule has 0 saturated carbocycles. The van der Waals surface area contributed by atoms with Crippen molar-refractivity contribution >= 4 is 11.9 Å². The van der Waals surface area contributed by atoms with Gasteiger partial charge in [-0.3, -0.25) is 14.5 Å². The summed E-state index contributed by atoms with van der Waals surface area (Å²) in [6.45, 7) is 14.6. The monoisotopic (exact) mass is 404 g/mol. The zero-order chi connectivity index (χ0) is 20.8. The van der Waals surface area contributed by atoms with Crippen LogP contribution in [-0.4, -0.2) is 83.4 Å². The fourth-order valence-corrected chi connectivity index (χ4v) is 4.00. The maximum atomic E-state index is 12.5. The molecule has 1 amide bonds. The lowest BCUT2D eigenvalue weighted by molar-refractivity contribution is -0.142. The van der Waals surface area contributed by atoms with Crippen LogP contribution in [0.2, 0.25) is 0 Å². The van der Waals surface area contributed by atoms with Gasteiger partial charge in [0.15, 0.2) is 5.96 Å². The average molecular weight is 405 g/mol. The minimum Gasteiger partial charge on any atom is -0.368 e. The normalized spacial score (nSPS) is 21.5. The van der Waals surface area contributed by atoms with Crippen molar-refractivity contribution in [3.8, 4) is 0 Å². The molecule has 0 aliphatic carbocycles. The first kappa shape index (κ1) is 21.6. The number of nitrogens with zero attached hydrogens (tertiary/aromatic N) is 5. The first-order valence-corrected chi connectivity index (χ1v) is 10.9. The molecule has 0 bridgehead atoms. The van der Waals surface area contributed by atoms with Crippen molar-refractivity contribution in [2.45, 2.75) is 53.2 Å². The molecule has 162 valence electrons. The van der Waals surface area contributed by atoms with Crippen molar-refractivity contribution in [1.82, 2.24) is 24.9 Å². The van der Waals surface area contributed by atoms with E-state index in [0.29, 0.717) is 12.5 Å². The minimum atomic E-state index is -0.223. The van der Waals surface area contributed by atoms with Gasteiger partial charge >= 0.3 is 0 Å². The summed E-state index contributed by atoms with van der Waals surface area (Å²) in [4.78, 5) is 21.6. The summed E-state index contributed by atoms with van der Waals surface area (Å²) in [5, 5.41) is 7.97. The molecule has 2 aliphatic heterocycles. The summed E-state index contributed by atoms with van der Waals surface area (Å²) in [5.74, 6) is 1.49. The molecule has 0 aromatic carbocycles. The smallest absolute Gasteiger partial charge is 0.251 e. The van der Waals surface area contributed by atoms with Gasteiger partial charge in [-0.25, -0.2) is 0 Å². The number of guanidine groups is 1. The van der Waals surface area contributed by atoms with E-state index in [-0.39, 0.29) is 12.0 Å². The third kappa shape index (κ3) is 5.72. The van der Waals surface area contributed by atoms with E-state index in [1.54, 1.807) is 0 Å². The summed E-state index contributed by atoms with van der Waals surface area (Å²) >= 11 is 0. The van der Waals surface area contributed by atoms with Crippen molar-refractivity contribution < 1.29 is 9.53 Å². The van der Waals surface area contributed by atoms with E-state index in [9.17, 15) is 4.79 Å². The Hall–Kier alpha value is -2.09. The van der Waals surface area contributed by atoms with Gasteiger partial charge in [-0.1, -0.05) is 6.92 Å². The third-order valence-electron chi connectivity index (χ3n) is 5.57. The number of aliphatic imine (C=N–C) groups is 1. The number of nitrogens with one attached hydrogen (secondary N) is 1. The highest BCUT2D eigenvalue weighted by molar-refractivity contribution is 5.82. The molecule has 1 aromatic rings. The molecule has 2 fully saturated rings. The molecular formula is C21H36N6O2. The van der Waals surface area contributed by atoms with Crippen LogP contribution >= 0.6 is 0 Å². The Morgan fingerprint density at radius 2 is 2.03 bits per heavy atom.